The molecule has 0 bridgehead atoms. The lowest BCUT2D eigenvalue weighted by Crippen LogP contribution is -2.10. The second kappa shape index (κ2) is 4.91. The summed E-state index contributed by atoms with van der Waals surface area (Å²) in [4.78, 5) is 18.9. The molecule has 0 saturated heterocycles. The fourth-order valence-electron chi connectivity index (χ4n) is 0.801. The molecule has 0 unspecified atom stereocenters. The van der Waals surface area contributed by atoms with Gasteiger partial charge in [0.25, 0.3) is 0 Å². The van der Waals surface area contributed by atoms with Crippen LogP contribution in [0.2, 0.25) is 0 Å². The minimum Gasteiger partial charge on any atom is -0.466 e. The Morgan fingerprint density at radius 3 is 3.08 bits per heavy atom. The molecule has 0 amide bonds. The number of halogens is 1. The third-order valence-electron chi connectivity index (χ3n) is 1.28. The number of rotatable bonds is 3. The predicted molar refractivity (Wildman–Crippen MR) is 50.1 cm³/mol. The van der Waals surface area contributed by atoms with Gasteiger partial charge < -0.3 is 4.74 Å². The van der Waals surface area contributed by atoms with Gasteiger partial charge in [0.05, 0.1) is 6.61 Å². The highest BCUT2D eigenvalue weighted by Gasteiger charge is 2.05. The van der Waals surface area contributed by atoms with E-state index in [2.05, 4.69) is 25.9 Å². The van der Waals surface area contributed by atoms with E-state index in [1.807, 2.05) is 0 Å². The smallest absolute Gasteiger partial charge is 0.313 e. The summed E-state index contributed by atoms with van der Waals surface area (Å²) in [5.74, 6) is 0.161. The van der Waals surface area contributed by atoms with Crippen LogP contribution in [0.5, 0.6) is 0 Å². The Hall–Kier alpha value is -0.970. The Bertz CT molecular complexity index is 304. The first-order valence-electron chi connectivity index (χ1n) is 3.85. The second-order valence-corrected chi connectivity index (χ2v) is 3.09. The average Bonchev–Trinajstić information content (AvgIpc) is 2.04. The number of esters is 1. The van der Waals surface area contributed by atoms with E-state index in [1.165, 1.54) is 0 Å². The number of nitrogens with zero attached hydrogens (tertiary/aromatic N) is 2. The van der Waals surface area contributed by atoms with E-state index in [0.29, 0.717) is 17.0 Å². The van der Waals surface area contributed by atoms with Gasteiger partial charge in [0, 0.05) is 6.20 Å². The number of hydrogen-bond donors (Lipinski definition) is 0. The maximum absolute atomic E-state index is 11.0. The van der Waals surface area contributed by atoms with Crippen molar-refractivity contribution in [1.29, 1.82) is 0 Å². The molecule has 0 aliphatic carbocycles. The molecular formula is C8H9BrN2O2. The van der Waals surface area contributed by atoms with Crippen LogP contribution in [-0.4, -0.2) is 22.5 Å². The van der Waals surface area contributed by atoms with Gasteiger partial charge in [-0.05, 0) is 28.9 Å². The summed E-state index contributed by atoms with van der Waals surface area (Å²) in [5.41, 5.74) is 0. The molecule has 1 aromatic heterocycles. The van der Waals surface area contributed by atoms with Gasteiger partial charge in [0.15, 0.2) is 0 Å². The third kappa shape index (κ3) is 3.50. The minimum absolute atomic E-state index is 0.118. The summed E-state index contributed by atoms with van der Waals surface area (Å²) in [6, 6.07) is 1.70. The first-order valence-corrected chi connectivity index (χ1v) is 4.64. The lowest BCUT2D eigenvalue weighted by molar-refractivity contribution is -0.142. The molecule has 1 heterocycles. The van der Waals surface area contributed by atoms with Crippen LogP contribution in [0, 0.1) is 0 Å². The Morgan fingerprint density at radius 2 is 2.46 bits per heavy atom. The van der Waals surface area contributed by atoms with Gasteiger partial charge in [-0.2, -0.15) is 0 Å². The molecule has 1 aromatic rings. The zero-order chi connectivity index (χ0) is 9.68. The van der Waals surface area contributed by atoms with E-state index in [9.17, 15) is 4.79 Å². The van der Waals surface area contributed by atoms with Gasteiger partial charge in [0.2, 0.25) is 0 Å². The van der Waals surface area contributed by atoms with Crippen LogP contribution in [0.4, 0.5) is 0 Å². The molecule has 0 atom stereocenters. The molecule has 0 aliphatic heterocycles. The number of aromatic nitrogens is 2. The van der Waals surface area contributed by atoms with Crippen LogP contribution in [0.15, 0.2) is 16.9 Å². The van der Waals surface area contributed by atoms with Crippen LogP contribution in [0.3, 0.4) is 0 Å². The van der Waals surface area contributed by atoms with Crippen LogP contribution in [0.1, 0.15) is 12.7 Å². The topological polar surface area (TPSA) is 52.1 Å². The first kappa shape index (κ1) is 10.1. The van der Waals surface area contributed by atoms with Crippen molar-refractivity contribution in [3.63, 3.8) is 0 Å². The van der Waals surface area contributed by atoms with Crippen molar-refractivity contribution < 1.29 is 9.53 Å². The predicted octanol–water partition coefficient (Wildman–Crippen LogP) is 1.34. The summed E-state index contributed by atoms with van der Waals surface area (Å²) in [7, 11) is 0. The van der Waals surface area contributed by atoms with E-state index in [1.54, 1.807) is 19.2 Å². The second-order valence-electron chi connectivity index (χ2n) is 2.28. The van der Waals surface area contributed by atoms with E-state index in [-0.39, 0.29) is 12.4 Å². The van der Waals surface area contributed by atoms with Gasteiger partial charge in [-0.15, -0.1) is 0 Å². The first-order chi connectivity index (χ1) is 6.22. The Labute approximate surface area is 84.5 Å². The maximum Gasteiger partial charge on any atom is 0.313 e. The Kier molecular flexibility index (Phi) is 3.82. The van der Waals surface area contributed by atoms with Crippen LogP contribution in [0.25, 0.3) is 0 Å². The largest absolute Gasteiger partial charge is 0.466 e. The Balaban J connectivity index is 2.58. The number of ether oxygens (including phenoxy) is 1. The van der Waals surface area contributed by atoms with Gasteiger partial charge in [-0.3, -0.25) is 4.79 Å². The number of carbonyl (C=O) groups excluding carboxylic acids is 1. The van der Waals surface area contributed by atoms with Crippen molar-refractivity contribution in [2.75, 3.05) is 6.61 Å². The SMILES string of the molecule is CCOC(=O)Cc1nccc(Br)n1. The highest BCUT2D eigenvalue weighted by molar-refractivity contribution is 9.10. The quantitative estimate of drug-likeness (QED) is 0.595. The molecule has 5 heteroatoms. The van der Waals surface area contributed by atoms with Crippen molar-refractivity contribution in [2.24, 2.45) is 0 Å². The molecule has 1 rings (SSSR count). The summed E-state index contributed by atoms with van der Waals surface area (Å²) in [6.45, 7) is 2.15. The zero-order valence-electron chi connectivity index (χ0n) is 7.16. The normalized spacial score (nSPS) is 9.69. The lowest BCUT2D eigenvalue weighted by atomic mass is 10.4. The summed E-state index contributed by atoms with van der Waals surface area (Å²) < 4.78 is 5.42. The fraction of sp³-hybridized carbons (Fsp3) is 0.375. The highest BCUT2D eigenvalue weighted by Crippen LogP contribution is 2.04. The maximum atomic E-state index is 11.0. The van der Waals surface area contributed by atoms with E-state index < -0.39 is 0 Å². The number of hydrogen-bond acceptors (Lipinski definition) is 4. The molecule has 0 spiro atoms. The van der Waals surface area contributed by atoms with Gasteiger partial charge in [-0.25, -0.2) is 9.97 Å². The van der Waals surface area contributed by atoms with E-state index >= 15 is 0 Å². The molecule has 0 saturated carbocycles. The zero-order valence-corrected chi connectivity index (χ0v) is 8.74. The van der Waals surface area contributed by atoms with Gasteiger partial charge >= 0.3 is 5.97 Å². The molecule has 0 aliphatic rings. The minimum atomic E-state index is -0.305. The third-order valence-corrected chi connectivity index (χ3v) is 1.72. The van der Waals surface area contributed by atoms with Crippen molar-refractivity contribution in [3.8, 4) is 0 Å². The van der Waals surface area contributed by atoms with Crippen molar-refractivity contribution in [2.45, 2.75) is 13.3 Å². The molecule has 70 valence electrons. The average molecular weight is 245 g/mol. The van der Waals surface area contributed by atoms with Crippen molar-refractivity contribution in [1.82, 2.24) is 9.97 Å². The van der Waals surface area contributed by atoms with Crippen molar-refractivity contribution >= 4 is 21.9 Å². The highest BCUT2D eigenvalue weighted by atomic mass is 79.9. The molecule has 13 heavy (non-hydrogen) atoms. The van der Waals surface area contributed by atoms with E-state index in [4.69, 9.17) is 4.74 Å². The summed E-state index contributed by atoms with van der Waals surface area (Å²) in [6.07, 6.45) is 1.71. The monoisotopic (exact) mass is 244 g/mol. The summed E-state index contributed by atoms with van der Waals surface area (Å²) in [5, 5.41) is 0. The molecule has 0 radical (unpaired) electrons. The van der Waals surface area contributed by atoms with Crippen LogP contribution in [-0.2, 0) is 16.0 Å². The fourth-order valence-corrected chi connectivity index (χ4v) is 1.12. The molecule has 0 aromatic carbocycles. The molecule has 0 fully saturated rings. The number of carbonyl (C=O) groups is 1. The Morgan fingerprint density at radius 1 is 1.69 bits per heavy atom. The van der Waals surface area contributed by atoms with Crippen molar-refractivity contribution in [3.05, 3.63) is 22.7 Å². The molecular weight excluding hydrogens is 236 g/mol. The lowest BCUT2D eigenvalue weighted by Gasteiger charge is -2.00. The van der Waals surface area contributed by atoms with Crippen LogP contribution >= 0.6 is 15.9 Å². The van der Waals surface area contributed by atoms with Gasteiger partial charge in [-0.1, -0.05) is 0 Å². The molecule has 4 nitrogen and oxygen atoms in total. The molecule has 0 N–H and O–H groups in total. The van der Waals surface area contributed by atoms with E-state index in [0.717, 1.165) is 0 Å². The summed E-state index contributed by atoms with van der Waals surface area (Å²) >= 11 is 3.19. The standard InChI is InChI=1S/C8H9BrN2O2/c1-2-13-8(12)5-7-10-4-3-6(9)11-7/h3-4H,2,5H2,1H3. The van der Waals surface area contributed by atoms with Gasteiger partial charge in [0.1, 0.15) is 16.8 Å². The van der Waals surface area contributed by atoms with Crippen LogP contribution < -0.4 is 0 Å².